The lowest BCUT2D eigenvalue weighted by Crippen LogP contribution is -2.24. The van der Waals surface area contributed by atoms with Crippen molar-refractivity contribution in [2.75, 3.05) is 5.73 Å². The highest BCUT2D eigenvalue weighted by atomic mass is 32.1. The molecule has 0 radical (unpaired) electrons. The molecule has 0 saturated carbocycles. The van der Waals surface area contributed by atoms with Crippen molar-refractivity contribution in [3.63, 3.8) is 0 Å². The lowest BCUT2D eigenvalue weighted by Gasteiger charge is -2.06. The molecular weight excluding hydrogens is 241 g/mol. The first-order chi connectivity index (χ1) is 8.16. The summed E-state index contributed by atoms with van der Waals surface area (Å²) in [5, 5.41) is 4.46. The van der Waals surface area contributed by atoms with Gasteiger partial charge in [0.2, 0.25) is 0 Å². The first kappa shape index (κ1) is 11.5. The molecule has 0 atom stereocenters. The van der Waals surface area contributed by atoms with Crippen LogP contribution in [0.25, 0.3) is 0 Å². The Morgan fingerprint density at radius 2 is 2.35 bits per heavy atom. The molecule has 0 aliphatic rings. The number of hydrogen-bond donors (Lipinski definition) is 2. The largest absolute Gasteiger partial charge is 0.398 e. The normalized spacial score (nSPS) is 10.2. The number of nitrogens with two attached hydrogens (primary N) is 1. The van der Waals surface area contributed by atoms with E-state index in [1.54, 1.807) is 5.51 Å². The fraction of sp³-hybridized carbons (Fsp3) is 0.0909. The van der Waals surface area contributed by atoms with E-state index in [1.165, 1.54) is 23.5 Å². The molecular formula is C11H10FN3OS. The third kappa shape index (κ3) is 2.79. The van der Waals surface area contributed by atoms with Crippen LogP contribution in [0.2, 0.25) is 0 Å². The number of nitrogens with zero attached hydrogens (tertiary/aromatic N) is 1. The zero-order chi connectivity index (χ0) is 12.3. The van der Waals surface area contributed by atoms with Gasteiger partial charge in [-0.25, -0.2) is 9.37 Å². The van der Waals surface area contributed by atoms with Crippen LogP contribution < -0.4 is 11.1 Å². The Hall–Kier alpha value is -1.95. The molecule has 17 heavy (non-hydrogen) atoms. The van der Waals surface area contributed by atoms with Gasteiger partial charge in [0.15, 0.2) is 0 Å². The van der Waals surface area contributed by atoms with Crippen molar-refractivity contribution in [2.45, 2.75) is 6.54 Å². The van der Waals surface area contributed by atoms with E-state index in [0.29, 0.717) is 6.54 Å². The fourth-order valence-corrected chi connectivity index (χ4v) is 1.87. The number of thiazole rings is 1. The topological polar surface area (TPSA) is 68.0 Å². The number of nitrogen functional groups attached to an aromatic ring is 1. The number of anilines is 1. The molecule has 4 nitrogen and oxygen atoms in total. The minimum absolute atomic E-state index is 0.139. The maximum absolute atomic E-state index is 13.0. The zero-order valence-electron chi connectivity index (χ0n) is 8.81. The first-order valence-electron chi connectivity index (χ1n) is 4.87. The second kappa shape index (κ2) is 4.92. The maximum Gasteiger partial charge on any atom is 0.253 e. The van der Waals surface area contributed by atoms with Crippen molar-refractivity contribution in [1.82, 2.24) is 10.3 Å². The molecule has 0 unspecified atom stereocenters. The van der Waals surface area contributed by atoms with E-state index in [-0.39, 0.29) is 11.3 Å². The van der Waals surface area contributed by atoms with Crippen LogP contribution in [-0.2, 0) is 6.54 Å². The van der Waals surface area contributed by atoms with Gasteiger partial charge in [0.25, 0.3) is 5.91 Å². The molecule has 6 heteroatoms. The average molecular weight is 251 g/mol. The molecule has 1 amide bonds. The summed E-state index contributed by atoms with van der Waals surface area (Å²) in [5.74, 6) is -0.895. The van der Waals surface area contributed by atoms with Gasteiger partial charge in [-0.2, -0.15) is 0 Å². The quantitative estimate of drug-likeness (QED) is 0.817. The zero-order valence-corrected chi connectivity index (χ0v) is 9.63. The maximum atomic E-state index is 13.0. The summed E-state index contributed by atoms with van der Waals surface area (Å²) in [5.41, 5.74) is 8.43. The number of rotatable bonds is 3. The van der Waals surface area contributed by atoms with Crippen LogP contribution in [0.5, 0.6) is 0 Å². The SMILES string of the molecule is Nc1ccc(F)cc1C(=O)NCc1cscn1. The molecule has 3 N–H and O–H groups in total. The Kier molecular flexibility index (Phi) is 3.34. The van der Waals surface area contributed by atoms with E-state index in [9.17, 15) is 9.18 Å². The number of aromatic nitrogens is 1. The van der Waals surface area contributed by atoms with Crippen LogP contribution in [0.4, 0.5) is 10.1 Å². The Balaban J connectivity index is 2.07. The number of halogens is 1. The monoisotopic (exact) mass is 251 g/mol. The first-order valence-corrected chi connectivity index (χ1v) is 5.81. The van der Waals surface area contributed by atoms with Crippen LogP contribution in [-0.4, -0.2) is 10.9 Å². The van der Waals surface area contributed by atoms with Gasteiger partial charge in [-0.1, -0.05) is 0 Å². The summed E-state index contributed by atoms with van der Waals surface area (Å²) in [6.07, 6.45) is 0. The van der Waals surface area contributed by atoms with Gasteiger partial charge < -0.3 is 11.1 Å². The van der Waals surface area contributed by atoms with Crippen LogP contribution in [0, 0.1) is 5.82 Å². The third-order valence-corrected chi connectivity index (χ3v) is 2.81. The molecule has 0 fully saturated rings. The number of hydrogen-bond acceptors (Lipinski definition) is 4. The molecule has 88 valence electrons. The number of nitrogens with one attached hydrogen (secondary N) is 1. The summed E-state index contributed by atoms with van der Waals surface area (Å²) in [4.78, 5) is 15.8. The second-order valence-corrected chi connectivity index (χ2v) is 4.11. The standard InChI is InChI=1S/C11H10FN3OS/c12-7-1-2-10(13)9(3-7)11(16)14-4-8-5-17-6-15-8/h1-3,5-6H,4,13H2,(H,14,16). The summed E-state index contributed by atoms with van der Waals surface area (Å²) >= 11 is 1.45. The van der Waals surface area contributed by atoms with Crippen molar-refractivity contribution in [3.05, 3.63) is 46.2 Å². The number of amides is 1. The third-order valence-electron chi connectivity index (χ3n) is 2.17. The highest BCUT2D eigenvalue weighted by Crippen LogP contribution is 2.13. The molecule has 2 aromatic rings. The van der Waals surface area contributed by atoms with Gasteiger partial charge in [0.05, 0.1) is 23.3 Å². The minimum Gasteiger partial charge on any atom is -0.398 e. The Morgan fingerprint density at radius 1 is 1.53 bits per heavy atom. The molecule has 0 aliphatic carbocycles. The summed E-state index contributed by atoms with van der Waals surface area (Å²) < 4.78 is 13.0. The average Bonchev–Trinajstić information content (AvgIpc) is 2.82. The minimum atomic E-state index is -0.488. The predicted octanol–water partition coefficient (Wildman–Crippen LogP) is 1.79. The predicted molar refractivity (Wildman–Crippen MR) is 64.1 cm³/mol. The lowest BCUT2D eigenvalue weighted by atomic mass is 10.1. The van der Waals surface area contributed by atoms with Gasteiger partial charge in [-0.3, -0.25) is 4.79 Å². The van der Waals surface area contributed by atoms with E-state index in [2.05, 4.69) is 10.3 Å². The van der Waals surface area contributed by atoms with Gasteiger partial charge >= 0.3 is 0 Å². The summed E-state index contributed by atoms with van der Waals surface area (Å²) in [6, 6.07) is 3.70. The van der Waals surface area contributed by atoms with Crippen molar-refractivity contribution in [2.24, 2.45) is 0 Å². The fourth-order valence-electron chi connectivity index (χ4n) is 1.32. The summed E-state index contributed by atoms with van der Waals surface area (Å²) in [7, 11) is 0. The highest BCUT2D eigenvalue weighted by Gasteiger charge is 2.10. The molecule has 1 aromatic carbocycles. The van der Waals surface area contributed by atoms with Crippen molar-refractivity contribution < 1.29 is 9.18 Å². The Labute approximate surface area is 101 Å². The molecule has 1 heterocycles. The van der Waals surface area contributed by atoms with Crippen LogP contribution in [0.3, 0.4) is 0 Å². The molecule has 0 aliphatic heterocycles. The van der Waals surface area contributed by atoms with Gasteiger partial charge in [-0.15, -0.1) is 11.3 Å². The number of benzene rings is 1. The Bertz CT molecular complexity index is 528. The van der Waals surface area contributed by atoms with E-state index < -0.39 is 11.7 Å². The summed E-state index contributed by atoms with van der Waals surface area (Å²) in [6.45, 7) is 0.304. The highest BCUT2D eigenvalue weighted by molar-refractivity contribution is 7.07. The molecule has 0 bridgehead atoms. The van der Waals surface area contributed by atoms with E-state index >= 15 is 0 Å². The van der Waals surface area contributed by atoms with Crippen LogP contribution in [0.15, 0.2) is 29.1 Å². The van der Waals surface area contributed by atoms with Crippen molar-refractivity contribution >= 4 is 22.9 Å². The van der Waals surface area contributed by atoms with Gasteiger partial charge in [0.1, 0.15) is 5.82 Å². The second-order valence-electron chi connectivity index (χ2n) is 3.39. The van der Waals surface area contributed by atoms with Crippen molar-refractivity contribution in [1.29, 1.82) is 0 Å². The molecule has 1 aromatic heterocycles. The van der Waals surface area contributed by atoms with E-state index in [0.717, 1.165) is 11.8 Å². The number of carbonyl (C=O) groups is 1. The van der Waals surface area contributed by atoms with E-state index in [1.807, 2.05) is 5.38 Å². The van der Waals surface area contributed by atoms with E-state index in [4.69, 9.17) is 5.73 Å². The van der Waals surface area contributed by atoms with Gasteiger partial charge in [0, 0.05) is 11.1 Å². The smallest absolute Gasteiger partial charge is 0.253 e. The molecule has 2 rings (SSSR count). The number of carbonyl (C=O) groups excluding carboxylic acids is 1. The molecule has 0 saturated heterocycles. The lowest BCUT2D eigenvalue weighted by molar-refractivity contribution is 0.0951. The Morgan fingerprint density at radius 3 is 3.06 bits per heavy atom. The molecule has 0 spiro atoms. The van der Waals surface area contributed by atoms with Gasteiger partial charge in [-0.05, 0) is 18.2 Å². The van der Waals surface area contributed by atoms with Crippen molar-refractivity contribution in [3.8, 4) is 0 Å². The van der Waals surface area contributed by atoms with Crippen LogP contribution >= 0.6 is 11.3 Å². The van der Waals surface area contributed by atoms with Crippen LogP contribution in [0.1, 0.15) is 16.1 Å².